The van der Waals surface area contributed by atoms with Crippen LogP contribution in [0, 0.1) is 12.3 Å². The van der Waals surface area contributed by atoms with E-state index in [1.54, 1.807) is 11.8 Å². The van der Waals surface area contributed by atoms with Gasteiger partial charge in [-0.2, -0.15) is 0 Å². The number of carboxylic acids is 1. The zero-order valence-electron chi connectivity index (χ0n) is 13.2. The molecule has 0 aliphatic carbocycles. The third kappa shape index (κ3) is 2.65. The number of fused-ring (bicyclic) bond motifs is 1. The number of hydrogen-bond acceptors (Lipinski definition) is 2. The molecule has 0 spiro atoms. The smallest absolute Gasteiger partial charge is 0.311 e. The predicted octanol–water partition coefficient (Wildman–Crippen LogP) is 3.04. The van der Waals surface area contributed by atoms with E-state index in [0.717, 1.165) is 21.1 Å². The number of carboxylic acid groups (broad SMARTS) is 1. The van der Waals surface area contributed by atoms with E-state index in [9.17, 15) is 14.7 Å². The van der Waals surface area contributed by atoms with Gasteiger partial charge in [0, 0.05) is 34.2 Å². The number of hydrogen-bond donors (Lipinski definition) is 1. The van der Waals surface area contributed by atoms with Crippen molar-refractivity contribution in [1.29, 1.82) is 0 Å². The average molecular weight is 379 g/mol. The van der Waals surface area contributed by atoms with Gasteiger partial charge in [0.15, 0.2) is 0 Å². The molecule has 1 saturated heterocycles. The molecule has 3 rings (SSSR count). The second-order valence-corrected chi connectivity index (χ2v) is 7.23. The van der Waals surface area contributed by atoms with E-state index in [-0.39, 0.29) is 19.0 Å². The van der Waals surface area contributed by atoms with Crippen LogP contribution in [0.25, 0.3) is 10.9 Å². The standard InChI is InChI=1S/C17H19BrN2O3/c1-11-15(18)12-5-3-4-6-13(12)20(11)9-14(21)19-8-7-17(2,10-19)16(22)23/h3-6H,7-10H2,1-2H3,(H,22,23). The van der Waals surface area contributed by atoms with Crippen molar-refractivity contribution in [1.82, 2.24) is 9.47 Å². The van der Waals surface area contributed by atoms with Gasteiger partial charge in [-0.05, 0) is 42.3 Å². The molecular weight excluding hydrogens is 360 g/mol. The van der Waals surface area contributed by atoms with Crippen LogP contribution in [0.4, 0.5) is 0 Å². The quantitative estimate of drug-likeness (QED) is 0.892. The molecule has 1 aromatic heterocycles. The maximum Gasteiger partial charge on any atom is 0.311 e. The maximum atomic E-state index is 12.6. The predicted molar refractivity (Wildman–Crippen MR) is 91.3 cm³/mol. The van der Waals surface area contributed by atoms with Crippen LogP contribution in [0.1, 0.15) is 19.0 Å². The lowest BCUT2D eigenvalue weighted by atomic mass is 9.90. The highest BCUT2D eigenvalue weighted by Gasteiger charge is 2.42. The van der Waals surface area contributed by atoms with E-state index in [1.165, 1.54) is 0 Å². The van der Waals surface area contributed by atoms with Crippen LogP contribution in [0.2, 0.25) is 0 Å². The Bertz CT molecular complexity index is 798. The van der Waals surface area contributed by atoms with Gasteiger partial charge < -0.3 is 14.6 Å². The Labute approximate surface area is 143 Å². The summed E-state index contributed by atoms with van der Waals surface area (Å²) >= 11 is 3.59. The molecule has 5 nitrogen and oxygen atoms in total. The molecule has 23 heavy (non-hydrogen) atoms. The van der Waals surface area contributed by atoms with Crippen LogP contribution in [-0.4, -0.2) is 39.5 Å². The van der Waals surface area contributed by atoms with Gasteiger partial charge in [-0.1, -0.05) is 18.2 Å². The van der Waals surface area contributed by atoms with Gasteiger partial charge in [-0.15, -0.1) is 0 Å². The second kappa shape index (κ2) is 5.67. The number of benzene rings is 1. The number of likely N-dealkylation sites (tertiary alicyclic amines) is 1. The summed E-state index contributed by atoms with van der Waals surface area (Å²) in [6, 6.07) is 7.93. The van der Waals surface area contributed by atoms with Gasteiger partial charge >= 0.3 is 5.97 Å². The highest BCUT2D eigenvalue weighted by Crippen LogP contribution is 2.32. The third-order valence-corrected chi connectivity index (χ3v) is 5.79. The van der Waals surface area contributed by atoms with Crippen molar-refractivity contribution in [3.8, 4) is 0 Å². The highest BCUT2D eigenvalue weighted by molar-refractivity contribution is 9.10. The molecule has 1 atom stereocenters. The minimum Gasteiger partial charge on any atom is -0.481 e. The molecule has 122 valence electrons. The fourth-order valence-electron chi connectivity index (χ4n) is 3.18. The first-order chi connectivity index (χ1) is 10.8. The Morgan fingerprint density at radius 1 is 1.35 bits per heavy atom. The molecule has 0 saturated carbocycles. The molecule has 1 aromatic carbocycles. The van der Waals surface area contributed by atoms with Crippen LogP contribution >= 0.6 is 15.9 Å². The minimum absolute atomic E-state index is 0.0358. The number of aromatic nitrogens is 1. The molecule has 2 heterocycles. The number of aliphatic carboxylic acids is 1. The van der Waals surface area contributed by atoms with E-state index in [1.807, 2.05) is 35.8 Å². The lowest BCUT2D eigenvalue weighted by Crippen LogP contribution is -2.36. The largest absolute Gasteiger partial charge is 0.481 e. The molecule has 6 heteroatoms. The normalized spacial score (nSPS) is 21.1. The number of amides is 1. The fourth-order valence-corrected chi connectivity index (χ4v) is 3.73. The van der Waals surface area contributed by atoms with Gasteiger partial charge in [-0.3, -0.25) is 9.59 Å². The Balaban J connectivity index is 1.85. The monoisotopic (exact) mass is 378 g/mol. The zero-order valence-corrected chi connectivity index (χ0v) is 14.8. The minimum atomic E-state index is -0.835. The number of nitrogens with zero attached hydrogens (tertiary/aromatic N) is 2. The first kappa shape index (κ1) is 16.1. The average Bonchev–Trinajstić information content (AvgIpc) is 3.04. The van der Waals surface area contributed by atoms with Crippen LogP contribution in [0.3, 0.4) is 0 Å². The molecule has 1 aliphatic rings. The second-order valence-electron chi connectivity index (χ2n) is 6.43. The first-order valence-electron chi connectivity index (χ1n) is 7.58. The lowest BCUT2D eigenvalue weighted by Gasteiger charge is -2.21. The van der Waals surface area contributed by atoms with E-state index >= 15 is 0 Å². The summed E-state index contributed by atoms with van der Waals surface area (Å²) in [6.45, 7) is 4.69. The Kier molecular flexibility index (Phi) is 3.96. The van der Waals surface area contributed by atoms with E-state index < -0.39 is 11.4 Å². The van der Waals surface area contributed by atoms with E-state index in [0.29, 0.717) is 13.0 Å². The Morgan fingerprint density at radius 3 is 2.70 bits per heavy atom. The van der Waals surface area contributed by atoms with Crippen molar-refractivity contribution in [2.75, 3.05) is 13.1 Å². The molecule has 1 N–H and O–H groups in total. The Morgan fingerprint density at radius 2 is 2.04 bits per heavy atom. The van der Waals surface area contributed by atoms with Crippen molar-refractivity contribution < 1.29 is 14.7 Å². The summed E-state index contributed by atoms with van der Waals surface area (Å²) in [5.74, 6) is -0.871. The SMILES string of the molecule is Cc1c(Br)c2ccccc2n1CC(=O)N1CCC(C)(C(=O)O)C1. The fraction of sp³-hybridized carbons (Fsp3) is 0.412. The lowest BCUT2D eigenvalue weighted by molar-refractivity contribution is -0.147. The van der Waals surface area contributed by atoms with E-state index in [2.05, 4.69) is 15.9 Å². The topological polar surface area (TPSA) is 62.5 Å². The molecule has 1 unspecified atom stereocenters. The number of carbonyl (C=O) groups is 2. The van der Waals surface area contributed by atoms with Crippen molar-refractivity contribution in [3.63, 3.8) is 0 Å². The highest BCUT2D eigenvalue weighted by atomic mass is 79.9. The number of rotatable bonds is 3. The third-order valence-electron chi connectivity index (χ3n) is 4.79. The summed E-state index contributed by atoms with van der Waals surface area (Å²) in [7, 11) is 0. The van der Waals surface area contributed by atoms with Crippen molar-refractivity contribution >= 4 is 38.7 Å². The Hall–Kier alpha value is -1.82. The summed E-state index contributed by atoms with van der Waals surface area (Å²) in [5, 5.41) is 10.4. The van der Waals surface area contributed by atoms with Crippen molar-refractivity contribution in [3.05, 3.63) is 34.4 Å². The van der Waals surface area contributed by atoms with Gasteiger partial charge in [0.2, 0.25) is 5.91 Å². The van der Waals surface area contributed by atoms with Crippen molar-refractivity contribution in [2.24, 2.45) is 5.41 Å². The zero-order chi connectivity index (χ0) is 16.8. The molecular formula is C17H19BrN2O3. The van der Waals surface area contributed by atoms with Crippen LogP contribution < -0.4 is 0 Å². The molecule has 1 aliphatic heterocycles. The molecule has 0 radical (unpaired) electrons. The van der Waals surface area contributed by atoms with Gasteiger partial charge in [0.05, 0.1) is 5.41 Å². The molecule has 2 aromatic rings. The summed E-state index contributed by atoms with van der Waals surface area (Å²) in [6.07, 6.45) is 0.503. The molecule has 1 fully saturated rings. The van der Waals surface area contributed by atoms with Gasteiger partial charge in [-0.25, -0.2) is 0 Å². The number of halogens is 1. The molecule has 0 bridgehead atoms. The van der Waals surface area contributed by atoms with Crippen LogP contribution in [0.15, 0.2) is 28.7 Å². The first-order valence-corrected chi connectivity index (χ1v) is 8.37. The summed E-state index contributed by atoms with van der Waals surface area (Å²) in [5.41, 5.74) is 1.18. The summed E-state index contributed by atoms with van der Waals surface area (Å²) < 4.78 is 2.98. The van der Waals surface area contributed by atoms with Crippen LogP contribution in [0.5, 0.6) is 0 Å². The van der Waals surface area contributed by atoms with Crippen molar-refractivity contribution in [2.45, 2.75) is 26.8 Å². The number of para-hydroxylation sites is 1. The van der Waals surface area contributed by atoms with Gasteiger partial charge in [0.1, 0.15) is 6.54 Å². The van der Waals surface area contributed by atoms with Crippen LogP contribution in [-0.2, 0) is 16.1 Å². The number of carbonyl (C=O) groups excluding carboxylic acids is 1. The molecule has 1 amide bonds. The summed E-state index contributed by atoms with van der Waals surface area (Å²) in [4.78, 5) is 25.6. The van der Waals surface area contributed by atoms with Gasteiger partial charge in [0.25, 0.3) is 0 Å². The van der Waals surface area contributed by atoms with E-state index in [4.69, 9.17) is 0 Å². The maximum absolute atomic E-state index is 12.6.